The molecule has 2 heterocycles. The predicted molar refractivity (Wildman–Crippen MR) is 57.5 cm³/mol. The minimum absolute atomic E-state index is 0.293. The fraction of sp³-hybridized carbons (Fsp3) is 0.545. The lowest BCUT2D eigenvalue weighted by molar-refractivity contribution is -0.132. The van der Waals surface area contributed by atoms with Crippen LogP contribution >= 0.6 is 0 Å². The Labute approximate surface area is 89.6 Å². The number of nitrogens with one attached hydrogen (secondary N) is 1. The van der Waals surface area contributed by atoms with Crippen LogP contribution in [0.4, 0.5) is 0 Å². The van der Waals surface area contributed by atoms with Crippen LogP contribution in [0.5, 0.6) is 0 Å². The van der Waals surface area contributed by atoms with Crippen molar-refractivity contribution in [2.75, 3.05) is 19.7 Å². The van der Waals surface area contributed by atoms with Gasteiger partial charge in [-0.05, 0) is 38.1 Å². The van der Waals surface area contributed by atoms with Gasteiger partial charge in [0.15, 0.2) is 0 Å². The van der Waals surface area contributed by atoms with Gasteiger partial charge in [0.1, 0.15) is 6.61 Å². The highest BCUT2D eigenvalue weighted by Crippen LogP contribution is 2.02. The molecule has 84 valence electrons. The molecule has 0 aromatic heterocycles. The maximum absolute atomic E-state index is 10.2. The summed E-state index contributed by atoms with van der Waals surface area (Å²) in [4.78, 5) is 10.2. The zero-order valence-corrected chi connectivity index (χ0v) is 8.74. The van der Waals surface area contributed by atoms with E-state index in [9.17, 15) is 4.79 Å². The zero-order chi connectivity index (χ0) is 10.9. The standard InChI is InChI=1S/C6H6O3.C5H11N/c7-6(8)5-1-3-9-4-2-5;1-2-4-6-5-3-1/h1-3H,4H2,(H,7,8);6H,1-5H2. The SMILES string of the molecule is C1CCNCC1.O=C(O)C1=CCOC=C1. The Bertz CT molecular complexity index is 243. The first-order valence-corrected chi connectivity index (χ1v) is 5.23. The number of carboxylic acid groups (broad SMARTS) is 1. The van der Waals surface area contributed by atoms with Gasteiger partial charge in [0.25, 0.3) is 0 Å². The molecule has 0 aliphatic carbocycles. The predicted octanol–water partition coefficient (Wildman–Crippen LogP) is 1.30. The van der Waals surface area contributed by atoms with E-state index in [1.54, 1.807) is 0 Å². The van der Waals surface area contributed by atoms with E-state index in [1.165, 1.54) is 50.8 Å². The molecule has 1 saturated heterocycles. The molecule has 0 spiro atoms. The number of carbonyl (C=O) groups is 1. The number of aliphatic carboxylic acids is 1. The van der Waals surface area contributed by atoms with Crippen molar-refractivity contribution < 1.29 is 14.6 Å². The highest BCUT2D eigenvalue weighted by Gasteiger charge is 2.04. The Morgan fingerprint density at radius 2 is 2.07 bits per heavy atom. The molecule has 1 fully saturated rings. The van der Waals surface area contributed by atoms with Crippen LogP contribution in [0.1, 0.15) is 19.3 Å². The topological polar surface area (TPSA) is 58.6 Å². The normalized spacial score (nSPS) is 19.3. The highest BCUT2D eigenvalue weighted by atomic mass is 16.5. The van der Waals surface area contributed by atoms with Crippen LogP contribution in [-0.2, 0) is 9.53 Å². The molecule has 0 unspecified atom stereocenters. The van der Waals surface area contributed by atoms with Gasteiger partial charge in [-0.3, -0.25) is 0 Å². The van der Waals surface area contributed by atoms with E-state index >= 15 is 0 Å². The second-order valence-corrected chi connectivity index (χ2v) is 3.41. The molecule has 0 amide bonds. The van der Waals surface area contributed by atoms with Crippen molar-refractivity contribution in [2.45, 2.75) is 19.3 Å². The van der Waals surface area contributed by atoms with E-state index in [4.69, 9.17) is 9.84 Å². The monoisotopic (exact) mass is 211 g/mol. The van der Waals surface area contributed by atoms with Crippen molar-refractivity contribution in [1.29, 1.82) is 0 Å². The molecule has 0 radical (unpaired) electrons. The average molecular weight is 211 g/mol. The minimum atomic E-state index is -0.908. The van der Waals surface area contributed by atoms with Crippen molar-refractivity contribution in [1.82, 2.24) is 5.32 Å². The van der Waals surface area contributed by atoms with Crippen molar-refractivity contribution in [3.05, 3.63) is 24.0 Å². The lowest BCUT2D eigenvalue weighted by Crippen LogP contribution is -2.21. The summed E-state index contributed by atoms with van der Waals surface area (Å²) in [6, 6.07) is 0. The highest BCUT2D eigenvalue weighted by molar-refractivity contribution is 5.89. The number of piperidine rings is 1. The van der Waals surface area contributed by atoms with Gasteiger partial charge in [0, 0.05) is 0 Å². The summed E-state index contributed by atoms with van der Waals surface area (Å²) < 4.78 is 4.73. The first-order chi connectivity index (χ1) is 7.30. The van der Waals surface area contributed by atoms with Crippen LogP contribution in [-0.4, -0.2) is 30.8 Å². The molecule has 2 aliphatic heterocycles. The Balaban J connectivity index is 0.000000162. The lowest BCUT2D eigenvalue weighted by atomic mass is 10.2. The first kappa shape index (κ1) is 11.8. The van der Waals surface area contributed by atoms with Crippen LogP contribution in [0.25, 0.3) is 0 Å². The molecule has 0 bridgehead atoms. The van der Waals surface area contributed by atoms with Gasteiger partial charge < -0.3 is 15.2 Å². The third-order valence-electron chi connectivity index (χ3n) is 2.20. The van der Waals surface area contributed by atoms with E-state index in [2.05, 4.69) is 5.32 Å². The first-order valence-electron chi connectivity index (χ1n) is 5.23. The fourth-order valence-corrected chi connectivity index (χ4v) is 1.34. The van der Waals surface area contributed by atoms with Gasteiger partial charge in [-0.2, -0.15) is 0 Å². The molecular weight excluding hydrogens is 194 g/mol. The molecule has 2 aliphatic rings. The molecule has 0 saturated carbocycles. The summed E-state index contributed by atoms with van der Waals surface area (Å²) in [5.41, 5.74) is 0.293. The molecule has 4 nitrogen and oxygen atoms in total. The third kappa shape index (κ3) is 5.22. The van der Waals surface area contributed by atoms with Gasteiger partial charge >= 0.3 is 5.97 Å². The summed E-state index contributed by atoms with van der Waals surface area (Å²) in [7, 11) is 0. The van der Waals surface area contributed by atoms with E-state index < -0.39 is 5.97 Å². The quantitative estimate of drug-likeness (QED) is 0.686. The van der Waals surface area contributed by atoms with Crippen LogP contribution in [0.3, 0.4) is 0 Å². The van der Waals surface area contributed by atoms with Gasteiger partial charge in [0.2, 0.25) is 0 Å². The summed E-state index contributed by atoms with van der Waals surface area (Å²) >= 11 is 0. The maximum atomic E-state index is 10.2. The Kier molecular flexibility index (Phi) is 5.55. The second kappa shape index (κ2) is 7.06. The molecule has 4 heteroatoms. The average Bonchev–Trinajstić information content (AvgIpc) is 2.33. The Hall–Kier alpha value is -1.29. The molecule has 0 aromatic carbocycles. The Morgan fingerprint density at radius 1 is 1.33 bits per heavy atom. The number of carboxylic acids is 1. The van der Waals surface area contributed by atoms with Crippen LogP contribution in [0.2, 0.25) is 0 Å². The number of hydrogen-bond acceptors (Lipinski definition) is 3. The van der Waals surface area contributed by atoms with E-state index in [0.29, 0.717) is 12.2 Å². The van der Waals surface area contributed by atoms with Gasteiger partial charge in [0.05, 0.1) is 11.8 Å². The second-order valence-electron chi connectivity index (χ2n) is 3.41. The van der Waals surface area contributed by atoms with Crippen molar-refractivity contribution in [2.24, 2.45) is 0 Å². The van der Waals surface area contributed by atoms with Crippen LogP contribution in [0.15, 0.2) is 24.0 Å². The molecule has 0 atom stereocenters. The summed E-state index contributed by atoms with van der Waals surface area (Å²) in [6.07, 6.45) is 8.53. The largest absolute Gasteiger partial charge is 0.497 e. The maximum Gasteiger partial charge on any atom is 0.335 e. The summed E-state index contributed by atoms with van der Waals surface area (Å²) in [6.45, 7) is 2.86. The Morgan fingerprint density at radius 3 is 2.33 bits per heavy atom. The summed E-state index contributed by atoms with van der Waals surface area (Å²) in [5, 5.41) is 11.6. The molecule has 15 heavy (non-hydrogen) atoms. The van der Waals surface area contributed by atoms with Crippen molar-refractivity contribution >= 4 is 5.97 Å². The van der Waals surface area contributed by atoms with Crippen LogP contribution in [0, 0.1) is 0 Å². The minimum Gasteiger partial charge on any atom is -0.497 e. The van der Waals surface area contributed by atoms with E-state index in [1.807, 2.05) is 0 Å². The molecule has 2 rings (SSSR count). The van der Waals surface area contributed by atoms with Gasteiger partial charge in [-0.1, -0.05) is 6.42 Å². The third-order valence-corrected chi connectivity index (χ3v) is 2.20. The smallest absolute Gasteiger partial charge is 0.335 e. The van der Waals surface area contributed by atoms with Gasteiger partial charge in [-0.25, -0.2) is 4.79 Å². The van der Waals surface area contributed by atoms with Gasteiger partial charge in [-0.15, -0.1) is 0 Å². The van der Waals surface area contributed by atoms with Crippen molar-refractivity contribution in [3.63, 3.8) is 0 Å². The number of rotatable bonds is 1. The van der Waals surface area contributed by atoms with E-state index in [-0.39, 0.29) is 0 Å². The molecule has 2 N–H and O–H groups in total. The molecule has 0 aromatic rings. The van der Waals surface area contributed by atoms with Crippen LogP contribution < -0.4 is 5.32 Å². The van der Waals surface area contributed by atoms with E-state index in [0.717, 1.165) is 0 Å². The zero-order valence-electron chi connectivity index (χ0n) is 8.74. The molecular formula is C11H17NO3. The fourth-order valence-electron chi connectivity index (χ4n) is 1.34. The lowest BCUT2D eigenvalue weighted by Gasteiger charge is -2.08. The number of hydrogen-bond donors (Lipinski definition) is 2. The van der Waals surface area contributed by atoms with Crippen molar-refractivity contribution in [3.8, 4) is 0 Å². The summed E-state index contributed by atoms with van der Waals surface area (Å²) in [5.74, 6) is -0.908. The number of ether oxygens (including phenoxy) is 1.